The van der Waals surface area contributed by atoms with Crippen LogP contribution in [0.25, 0.3) is 0 Å². The van der Waals surface area contributed by atoms with Crippen molar-refractivity contribution in [3.8, 4) is 0 Å². The zero-order valence-electron chi connectivity index (χ0n) is 7.99. The van der Waals surface area contributed by atoms with Crippen molar-refractivity contribution in [3.05, 3.63) is 0 Å². The summed E-state index contributed by atoms with van der Waals surface area (Å²) in [6.07, 6.45) is 0.870. The first kappa shape index (κ1) is 9.96. The maximum absolute atomic E-state index is 8.71. The minimum atomic E-state index is 0.288. The highest BCUT2D eigenvalue weighted by atomic mass is 16.5. The van der Waals surface area contributed by atoms with Gasteiger partial charge in [0.1, 0.15) is 0 Å². The quantitative estimate of drug-likeness (QED) is 0.673. The Morgan fingerprint density at radius 1 is 1.33 bits per heavy atom. The fourth-order valence-electron chi connectivity index (χ4n) is 1.73. The Bertz CT molecular complexity index is 120. The van der Waals surface area contributed by atoms with Crippen LogP contribution < -0.4 is 0 Å². The maximum atomic E-state index is 8.71. The van der Waals surface area contributed by atoms with E-state index in [1.165, 1.54) is 0 Å². The van der Waals surface area contributed by atoms with Crippen molar-refractivity contribution in [2.45, 2.75) is 32.4 Å². The molecule has 0 aromatic rings. The van der Waals surface area contributed by atoms with Gasteiger partial charge in [0.2, 0.25) is 0 Å². The average molecular weight is 173 g/mol. The Morgan fingerprint density at radius 2 is 1.92 bits per heavy atom. The molecule has 0 saturated carbocycles. The van der Waals surface area contributed by atoms with E-state index in [0.29, 0.717) is 12.1 Å². The third-order valence-electron chi connectivity index (χ3n) is 2.42. The second-order valence-corrected chi connectivity index (χ2v) is 3.55. The number of aliphatic hydroxyl groups is 1. The van der Waals surface area contributed by atoms with Gasteiger partial charge in [-0.25, -0.2) is 0 Å². The lowest BCUT2D eigenvalue weighted by Crippen LogP contribution is -2.49. The van der Waals surface area contributed by atoms with Crippen LogP contribution in [0.5, 0.6) is 0 Å². The molecule has 1 N–H and O–H groups in total. The van der Waals surface area contributed by atoms with Crippen LogP contribution >= 0.6 is 0 Å². The van der Waals surface area contributed by atoms with Crippen LogP contribution in [0.15, 0.2) is 0 Å². The summed E-state index contributed by atoms with van der Waals surface area (Å²) in [7, 11) is 0. The van der Waals surface area contributed by atoms with Crippen molar-refractivity contribution in [1.82, 2.24) is 4.90 Å². The summed E-state index contributed by atoms with van der Waals surface area (Å²) < 4.78 is 5.40. The van der Waals surface area contributed by atoms with Gasteiger partial charge in [0.25, 0.3) is 0 Å². The van der Waals surface area contributed by atoms with Gasteiger partial charge in [-0.05, 0) is 20.3 Å². The molecule has 1 rings (SSSR count). The van der Waals surface area contributed by atoms with Gasteiger partial charge in [-0.1, -0.05) is 0 Å². The summed E-state index contributed by atoms with van der Waals surface area (Å²) in [5, 5.41) is 8.71. The molecule has 12 heavy (non-hydrogen) atoms. The number of aliphatic hydroxyl groups excluding tert-OH is 1. The van der Waals surface area contributed by atoms with Crippen LogP contribution in [0.2, 0.25) is 0 Å². The second-order valence-electron chi connectivity index (χ2n) is 3.55. The smallest absolute Gasteiger partial charge is 0.0620 e. The highest BCUT2D eigenvalue weighted by Crippen LogP contribution is 2.12. The Balaban J connectivity index is 2.34. The molecule has 3 heteroatoms. The monoisotopic (exact) mass is 173 g/mol. The van der Waals surface area contributed by atoms with E-state index in [9.17, 15) is 0 Å². The van der Waals surface area contributed by atoms with Gasteiger partial charge in [0, 0.05) is 25.2 Å². The average Bonchev–Trinajstić information content (AvgIpc) is 2.04. The number of hydrogen-bond donors (Lipinski definition) is 1. The molecule has 0 bridgehead atoms. The van der Waals surface area contributed by atoms with Gasteiger partial charge < -0.3 is 9.84 Å². The van der Waals surface area contributed by atoms with Crippen molar-refractivity contribution in [2.75, 3.05) is 26.4 Å². The van der Waals surface area contributed by atoms with Crippen LogP contribution in [0.4, 0.5) is 0 Å². The third kappa shape index (κ3) is 2.44. The zero-order chi connectivity index (χ0) is 8.97. The highest BCUT2D eigenvalue weighted by Gasteiger charge is 2.24. The van der Waals surface area contributed by atoms with E-state index in [1.54, 1.807) is 0 Å². The van der Waals surface area contributed by atoms with Gasteiger partial charge in [-0.15, -0.1) is 0 Å². The lowest BCUT2D eigenvalue weighted by Gasteiger charge is -2.38. The Labute approximate surface area is 74.3 Å². The lowest BCUT2D eigenvalue weighted by molar-refractivity contribution is -0.0382. The standard InChI is InChI=1S/C9H19NO2/c1-8-6-12-7-9(2)10(8)4-3-5-11/h8-9,11H,3-7H2,1-2H3. The lowest BCUT2D eigenvalue weighted by atomic mass is 10.1. The highest BCUT2D eigenvalue weighted by molar-refractivity contribution is 4.77. The second kappa shape index (κ2) is 4.80. The van der Waals surface area contributed by atoms with Crippen LogP contribution in [0, 0.1) is 0 Å². The topological polar surface area (TPSA) is 32.7 Å². The molecule has 1 fully saturated rings. The van der Waals surface area contributed by atoms with Gasteiger partial charge in [-0.2, -0.15) is 0 Å². The molecule has 0 radical (unpaired) electrons. The van der Waals surface area contributed by atoms with E-state index < -0.39 is 0 Å². The molecule has 1 aliphatic rings. The molecule has 0 aromatic heterocycles. The van der Waals surface area contributed by atoms with Crippen molar-refractivity contribution in [3.63, 3.8) is 0 Å². The number of nitrogens with zero attached hydrogens (tertiary/aromatic N) is 1. The summed E-state index contributed by atoms with van der Waals surface area (Å²) in [4.78, 5) is 2.40. The van der Waals surface area contributed by atoms with E-state index in [2.05, 4.69) is 18.7 Å². The first-order chi connectivity index (χ1) is 5.75. The Morgan fingerprint density at radius 3 is 2.42 bits per heavy atom. The summed E-state index contributed by atoms with van der Waals surface area (Å²) in [6.45, 7) is 7.28. The Kier molecular flexibility index (Phi) is 3.98. The van der Waals surface area contributed by atoms with Crippen LogP contribution in [0.1, 0.15) is 20.3 Å². The third-order valence-corrected chi connectivity index (χ3v) is 2.42. The molecule has 0 amide bonds. The molecule has 0 aliphatic carbocycles. The molecule has 1 saturated heterocycles. The van der Waals surface area contributed by atoms with E-state index >= 15 is 0 Å². The van der Waals surface area contributed by atoms with Crippen LogP contribution in [-0.4, -0.2) is 48.5 Å². The molecule has 1 aliphatic heterocycles. The van der Waals surface area contributed by atoms with Gasteiger partial charge in [0.05, 0.1) is 13.2 Å². The predicted molar refractivity (Wildman–Crippen MR) is 48.2 cm³/mol. The molecule has 1 heterocycles. The van der Waals surface area contributed by atoms with E-state index in [-0.39, 0.29) is 6.61 Å². The van der Waals surface area contributed by atoms with Crippen LogP contribution in [-0.2, 0) is 4.74 Å². The molecule has 0 spiro atoms. The Hall–Kier alpha value is -0.120. The van der Waals surface area contributed by atoms with Gasteiger partial charge >= 0.3 is 0 Å². The fraction of sp³-hybridized carbons (Fsp3) is 1.00. The van der Waals surface area contributed by atoms with Crippen molar-refractivity contribution >= 4 is 0 Å². The summed E-state index contributed by atoms with van der Waals surface area (Å²) in [5.74, 6) is 0. The van der Waals surface area contributed by atoms with Crippen molar-refractivity contribution in [1.29, 1.82) is 0 Å². The molecule has 72 valence electrons. The molecule has 0 aromatic carbocycles. The first-order valence-electron chi connectivity index (χ1n) is 4.70. The minimum Gasteiger partial charge on any atom is -0.396 e. The molecule has 2 unspecified atom stereocenters. The largest absolute Gasteiger partial charge is 0.396 e. The van der Waals surface area contributed by atoms with Crippen molar-refractivity contribution in [2.24, 2.45) is 0 Å². The number of morpholine rings is 1. The van der Waals surface area contributed by atoms with E-state index in [4.69, 9.17) is 9.84 Å². The number of ether oxygens (including phenoxy) is 1. The van der Waals surface area contributed by atoms with Gasteiger partial charge in [0.15, 0.2) is 0 Å². The predicted octanol–water partition coefficient (Wildman–Crippen LogP) is 0.478. The van der Waals surface area contributed by atoms with Crippen molar-refractivity contribution < 1.29 is 9.84 Å². The summed E-state index contributed by atoms with van der Waals surface area (Å²) in [6, 6.07) is 1.00. The zero-order valence-corrected chi connectivity index (χ0v) is 7.99. The molecule has 3 nitrogen and oxygen atoms in total. The normalized spacial score (nSPS) is 32.2. The fourth-order valence-corrected chi connectivity index (χ4v) is 1.73. The number of rotatable bonds is 3. The first-order valence-corrected chi connectivity index (χ1v) is 4.70. The molecular formula is C9H19NO2. The number of hydrogen-bond acceptors (Lipinski definition) is 3. The van der Waals surface area contributed by atoms with E-state index in [0.717, 1.165) is 26.2 Å². The summed E-state index contributed by atoms with van der Waals surface area (Å²) in [5.41, 5.74) is 0. The summed E-state index contributed by atoms with van der Waals surface area (Å²) >= 11 is 0. The van der Waals surface area contributed by atoms with Crippen LogP contribution in [0.3, 0.4) is 0 Å². The maximum Gasteiger partial charge on any atom is 0.0620 e. The molecule has 2 atom stereocenters. The molecular weight excluding hydrogens is 154 g/mol. The van der Waals surface area contributed by atoms with Gasteiger partial charge in [-0.3, -0.25) is 4.90 Å². The van der Waals surface area contributed by atoms with E-state index in [1.807, 2.05) is 0 Å². The minimum absolute atomic E-state index is 0.288. The SMILES string of the molecule is CC1COCC(C)N1CCCO.